The van der Waals surface area contributed by atoms with E-state index in [1.54, 1.807) is 24.3 Å². The van der Waals surface area contributed by atoms with Crippen LogP contribution < -0.4 is 4.74 Å². The lowest BCUT2D eigenvalue weighted by Gasteiger charge is -2.09. The van der Waals surface area contributed by atoms with Crippen molar-refractivity contribution in [1.82, 2.24) is 0 Å². The summed E-state index contributed by atoms with van der Waals surface area (Å²) in [6.07, 6.45) is 0.346. The molecule has 2 aromatic carbocycles. The number of ether oxygens (including phenoxy) is 1. The number of benzene rings is 2. The Morgan fingerprint density at radius 1 is 1.07 bits per heavy atom. The van der Waals surface area contributed by atoms with Gasteiger partial charge in [-0.25, -0.2) is 8.78 Å². The van der Waals surface area contributed by atoms with Crippen molar-refractivity contribution >= 4 is 18.4 Å². The maximum Gasteiger partial charge on any atom is 0.696 e. The monoisotopic (exact) mass is 421 g/mol. The fraction of sp³-hybridized carbons (Fsp3) is 0.250. The van der Waals surface area contributed by atoms with Crippen LogP contribution in [-0.2, 0) is 25.6 Å². The van der Waals surface area contributed by atoms with Crippen molar-refractivity contribution in [3.63, 3.8) is 0 Å². The number of halogens is 2. The van der Waals surface area contributed by atoms with E-state index in [0.717, 1.165) is 18.2 Å². The van der Waals surface area contributed by atoms with E-state index in [1.807, 2.05) is 0 Å². The molecule has 0 bridgehead atoms. The third-order valence-corrected chi connectivity index (χ3v) is 4.99. The molecule has 0 amide bonds. The van der Waals surface area contributed by atoms with E-state index in [-0.39, 0.29) is 18.6 Å². The first kappa shape index (κ1) is 21.3. The van der Waals surface area contributed by atoms with Crippen molar-refractivity contribution in [2.75, 3.05) is 0 Å². The van der Waals surface area contributed by atoms with Crippen LogP contribution in [0.4, 0.5) is 8.78 Å². The Kier molecular flexibility index (Phi) is 7.34. The van der Waals surface area contributed by atoms with Gasteiger partial charge >= 0.3 is 8.25 Å². The number of hydrogen-bond donors (Lipinski definition) is 2. The maximum absolute atomic E-state index is 13.2. The smallest absolute Gasteiger partial charge is 0.457 e. The van der Waals surface area contributed by atoms with E-state index >= 15 is 0 Å². The molecule has 2 unspecified atom stereocenters. The maximum atomic E-state index is 13.2. The second-order valence-electron chi connectivity index (χ2n) is 5.53. The van der Waals surface area contributed by atoms with Crippen molar-refractivity contribution in [3.05, 3.63) is 59.7 Å². The molecule has 2 rings (SSSR count). The molecular formula is C16H16F2O7PS+. The second-order valence-corrected chi connectivity index (χ2v) is 7.78. The average molecular weight is 421 g/mol. The molecule has 27 heavy (non-hydrogen) atoms. The first-order chi connectivity index (χ1) is 12.6. The van der Waals surface area contributed by atoms with Crippen molar-refractivity contribution < 1.29 is 40.5 Å². The molecule has 0 aromatic heterocycles. The summed E-state index contributed by atoms with van der Waals surface area (Å²) >= 11 is 0. The van der Waals surface area contributed by atoms with Crippen LogP contribution in [-0.4, -0.2) is 23.3 Å². The van der Waals surface area contributed by atoms with E-state index in [4.69, 9.17) is 14.2 Å². The third kappa shape index (κ3) is 7.28. The summed E-state index contributed by atoms with van der Waals surface area (Å²) in [6, 6.07) is 9.30. The normalized spacial score (nSPS) is 13.3. The van der Waals surface area contributed by atoms with Gasteiger partial charge in [-0.15, -0.1) is 4.89 Å². The molecule has 0 fully saturated rings. The summed E-state index contributed by atoms with van der Waals surface area (Å²) in [4.78, 5) is 8.66. The first-order valence-corrected chi connectivity index (χ1v) is 10.3. The zero-order valence-corrected chi connectivity index (χ0v) is 15.5. The number of aryl methyl sites for hydroxylation is 1. The Hall–Kier alpha value is -1.97. The van der Waals surface area contributed by atoms with Gasteiger partial charge in [0.2, 0.25) is 5.44 Å². The molecule has 2 atom stereocenters. The molecule has 2 aromatic rings. The molecule has 0 aliphatic rings. The summed E-state index contributed by atoms with van der Waals surface area (Å²) in [5, 5.41) is 0. The summed E-state index contributed by atoms with van der Waals surface area (Å²) in [5.74, 6) is -1.26. The molecule has 0 saturated carbocycles. The fourth-order valence-corrected chi connectivity index (χ4v) is 3.74. The van der Waals surface area contributed by atoms with Crippen molar-refractivity contribution in [1.29, 1.82) is 0 Å². The van der Waals surface area contributed by atoms with Crippen molar-refractivity contribution in [2.45, 2.75) is 24.7 Å². The molecule has 0 aliphatic carbocycles. The molecule has 0 heterocycles. The van der Waals surface area contributed by atoms with Crippen molar-refractivity contribution in [3.8, 4) is 11.5 Å². The van der Waals surface area contributed by atoms with Crippen LogP contribution in [0.1, 0.15) is 18.4 Å². The first-order valence-electron chi connectivity index (χ1n) is 7.65. The zero-order chi connectivity index (χ0) is 20.0. The van der Waals surface area contributed by atoms with Crippen LogP contribution in [0.2, 0.25) is 0 Å². The van der Waals surface area contributed by atoms with Crippen LogP contribution in [0.5, 0.6) is 11.5 Å². The fourth-order valence-electron chi connectivity index (χ4n) is 2.32. The molecule has 11 heteroatoms. The van der Waals surface area contributed by atoms with E-state index in [2.05, 4.69) is 4.52 Å². The molecule has 0 saturated heterocycles. The minimum absolute atomic E-state index is 0.0174. The third-order valence-electron chi connectivity index (χ3n) is 3.42. The lowest BCUT2D eigenvalue weighted by molar-refractivity contribution is 0.225. The summed E-state index contributed by atoms with van der Waals surface area (Å²) in [5.41, 5.74) is -1.09. The van der Waals surface area contributed by atoms with Crippen LogP contribution in [0.15, 0.2) is 42.5 Å². The SMILES string of the molecule is O=[P+](O)OC(CCCc1cccc(Oc2cc(F)cc(F)c2)c1)S(=O)(=O)O. The predicted molar refractivity (Wildman–Crippen MR) is 92.1 cm³/mol. The predicted octanol–water partition coefficient (Wildman–Crippen LogP) is 3.96. The van der Waals surface area contributed by atoms with Crippen molar-refractivity contribution in [2.24, 2.45) is 0 Å². The topological polar surface area (TPSA) is 110 Å². The Morgan fingerprint density at radius 3 is 2.33 bits per heavy atom. The lowest BCUT2D eigenvalue weighted by atomic mass is 10.1. The molecule has 7 nitrogen and oxygen atoms in total. The highest BCUT2D eigenvalue weighted by atomic mass is 32.2. The minimum atomic E-state index is -4.63. The van der Waals surface area contributed by atoms with Gasteiger partial charge in [-0.3, -0.25) is 4.55 Å². The quantitative estimate of drug-likeness (QED) is 0.466. The summed E-state index contributed by atoms with van der Waals surface area (Å²) in [6.45, 7) is 0. The largest absolute Gasteiger partial charge is 0.696 e. The Bertz CT molecular complexity index is 900. The molecule has 0 spiro atoms. The highest BCUT2D eigenvalue weighted by Crippen LogP contribution is 2.26. The van der Waals surface area contributed by atoms with Crippen LogP contribution in [0.3, 0.4) is 0 Å². The van der Waals surface area contributed by atoms with Crippen LogP contribution >= 0.6 is 8.25 Å². The Labute approximate surface area is 155 Å². The molecule has 0 aliphatic heterocycles. The molecule has 0 radical (unpaired) electrons. The molecule has 146 valence electrons. The summed E-state index contributed by atoms with van der Waals surface area (Å²) < 4.78 is 78.0. The lowest BCUT2D eigenvalue weighted by Crippen LogP contribution is -2.21. The van der Waals surface area contributed by atoms with E-state index in [9.17, 15) is 21.8 Å². The Morgan fingerprint density at radius 2 is 1.74 bits per heavy atom. The second kappa shape index (κ2) is 9.29. The van der Waals surface area contributed by atoms with E-state index < -0.39 is 35.4 Å². The van der Waals surface area contributed by atoms with E-state index in [1.165, 1.54) is 0 Å². The van der Waals surface area contributed by atoms with Gasteiger partial charge in [-0.05, 0) is 37.0 Å². The van der Waals surface area contributed by atoms with Gasteiger partial charge in [0.15, 0.2) is 0 Å². The average Bonchev–Trinajstić information content (AvgIpc) is 2.52. The van der Waals surface area contributed by atoms with Crippen LogP contribution in [0, 0.1) is 11.6 Å². The summed E-state index contributed by atoms with van der Waals surface area (Å²) in [7, 11) is -7.82. The standard InChI is InChI=1S/C16H15F2O7PS/c17-12-8-13(18)10-15(9-12)24-14-5-1-3-11(7-14)4-2-6-16(25-26(19)20)27(21,22)23/h1,3,5,7-10,16H,2,4,6H2,(H-,19,20,21,22,23)/p+1. The van der Waals surface area contributed by atoms with Gasteiger partial charge in [0.1, 0.15) is 23.1 Å². The van der Waals surface area contributed by atoms with Gasteiger partial charge < -0.3 is 4.74 Å². The van der Waals surface area contributed by atoms with Gasteiger partial charge in [-0.1, -0.05) is 16.7 Å². The minimum Gasteiger partial charge on any atom is -0.457 e. The van der Waals surface area contributed by atoms with Gasteiger partial charge in [0, 0.05) is 22.8 Å². The zero-order valence-electron chi connectivity index (χ0n) is 13.8. The molecule has 2 N–H and O–H groups in total. The van der Waals surface area contributed by atoms with Gasteiger partial charge in [0.25, 0.3) is 10.1 Å². The van der Waals surface area contributed by atoms with Gasteiger partial charge in [-0.2, -0.15) is 8.42 Å². The highest BCUT2D eigenvalue weighted by Gasteiger charge is 2.33. The molecular weight excluding hydrogens is 405 g/mol. The van der Waals surface area contributed by atoms with E-state index in [0.29, 0.717) is 17.7 Å². The van der Waals surface area contributed by atoms with Crippen LogP contribution in [0.25, 0.3) is 0 Å². The number of hydrogen-bond acceptors (Lipinski definition) is 5. The number of rotatable bonds is 9. The van der Waals surface area contributed by atoms with Gasteiger partial charge in [0.05, 0.1) is 0 Å². The Balaban J connectivity index is 2.00. The highest BCUT2D eigenvalue weighted by molar-refractivity contribution is 7.86.